The Morgan fingerprint density at radius 3 is 2.13 bits per heavy atom. The van der Waals surface area contributed by atoms with Gasteiger partial charge in [-0.2, -0.15) is 0 Å². The average molecular weight is 441 g/mol. The topological polar surface area (TPSA) is 46.5 Å². The first kappa shape index (κ1) is 16.6. The molecule has 0 radical (unpaired) electrons. The Labute approximate surface area is 145 Å². The predicted octanol–water partition coefficient (Wildman–Crippen LogP) is 4.29. The van der Waals surface area contributed by atoms with Crippen LogP contribution >= 0.6 is 19.8 Å². The van der Waals surface area contributed by atoms with Crippen molar-refractivity contribution in [3.05, 3.63) is 63.7 Å². The first-order chi connectivity index (χ1) is 11.0. The van der Waals surface area contributed by atoms with Gasteiger partial charge in [0.05, 0.1) is 0 Å². The number of hydrogen-bond donors (Lipinski definition) is 0. The van der Waals surface area contributed by atoms with E-state index in [2.05, 4.69) is 28.7 Å². The van der Waals surface area contributed by atoms with E-state index in [1.165, 1.54) is 3.57 Å². The molecule has 1 heterocycles. The Kier molecular flexibility index (Phi) is 5.16. The molecule has 23 heavy (non-hydrogen) atoms. The molecule has 0 aliphatic carbocycles. The monoisotopic (exact) mass is 441 g/mol. The van der Waals surface area contributed by atoms with Crippen molar-refractivity contribution in [3.63, 3.8) is 0 Å². The van der Waals surface area contributed by atoms with Crippen LogP contribution in [0.1, 0.15) is 18.4 Å². The van der Waals surface area contributed by atoms with Crippen LogP contribution in [0.2, 0.25) is 0 Å². The maximum atomic E-state index is 12.4. The van der Waals surface area contributed by atoms with E-state index in [9.17, 15) is 8.42 Å². The summed E-state index contributed by atoms with van der Waals surface area (Å²) in [4.78, 5) is 0.291. The zero-order chi connectivity index (χ0) is 16.3. The van der Waals surface area contributed by atoms with Gasteiger partial charge in [-0.15, -0.1) is 0 Å². The summed E-state index contributed by atoms with van der Waals surface area (Å²) >= 11 is -1.13. The number of nitrogens with zero attached hydrogens (tertiary/aromatic N) is 1. The van der Waals surface area contributed by atoms with Gasteiger partial charge < -0.3 is 0 Å². The van der Waals surface area contributed by atoms with Crippen molar-refractivity contribution in [3.8, 4) is 0 Å². The van der Waals surface area contributed by atoms with Crippen LogP contribution < -0.4 is 0 Å². The number of alkyl halides is 2. The van der Waals surface area contributed by atoms with Crippen LogP contribution in [-0.2, 0) is 10.0 Å². The predicted molar refractivity (Wildman–Crippen MR) is 104 cm³/mol. The van der Waals surface area contributed by atoms with Crippen molar-refractivity contribution in [2.45, 2.75) is 24.7 Å². The van der Waals surface area contributed by atoms with Gasteiger partial charge in [-0.1, -0.05) is 0 Å². The second-order valence-electron chi connectivity index (χ2n) is 5.58. The van der Waals surface area contributed by atoms with Crippen LogP contribution in [0.4, 0.5) is 0 Å². The molecule has 3 nitrogen and oxygen atoms in total. The van der Waals surface area contributed by atoms with Crippen molar-refractivity contribution in [1.82, 2.24) is 0 Å². The molecule has 3 rings (SSSR count). The molecule has 1 aliphatic rings. The SMILES string of the molecule is Cc1ccc(S(=O)(=O)N=C2CCI(c3ccccc3)CC2)cc1. The van der Waals surface area contributed by atoms with Crippen molar-refractivity contribution < 1.29 is 8.42 Å². The Morgan fingerprint density at radius 1 is 0.913 bits per heavy atom. The first-order valence-electron chi connectivity index (χ1n) is 7.61. The van der Waals surface area contributed by atoms with Gasteiger partial charge >= 0.3 is 146 Å². The van der Waals surface area contributed by atoms with E-state index < -0.39 is 29.8 Å². The van der Waals surface area contributed by atoms with Gasteiger partial charge in [0.2, 0.25) is 0 Å². The Morgan fingerprint density at radius 2 is 1.52 bits per heavy atom. The summed E-state index contributed by atoms with van der Waals surface area (Å²) in [6.07, 6.45) is 1.65. The summed E-state index contributed by atoms with van der Waals surface area (Å²) in [5, 5.41) is 0. The molecule has 0 atom stereocenters. The van der Waals surface area contributed by atoms with E-state index in [4.69, 9.17) is 0 Å². The minimum atomic E-state index is -3.55. The second kappa shape index (κ2) is 7.13. The summed E-state index contributed by atoms with van der Waals surface area (Å²) < 4.78 is 32.6. The fourth-order valence-electron chi connectivity index (χ4n) is 2.50. The van der Waals surface area contributed by atoms with Gasteiger partial charge in [0.25, 0.3) is 0 Å². The Balaban J connectivity index is 1.71. The summed E-state index contributed by atoms with van der Waals surface area (Å²) in [5.74, 6) is 0. The molecule has 0 amide bonds. The minimum absolute atomic E-state index is 0.291. The summed E-state index contributed by atoms with van der Waals surface area (Å²) in [7, 11) is -3.55. The molecule has 0 bridgehead atoms. The molecule has 0 N–H and O–H groups in total. The number of sulfonamides is 1. The second-order valence-corrected chi connectivity index (χ2v) is 13.2. The van der Waals surface area contributed by atoms with Gasteiger partial charge in [-0.3, -0.25) is 0 Å². The van der Waals surface area contributed by atoms with Crippen LogP contribution in [-0.4, -0.2) is 23.0 Å². The van der Waals surface area contributed by atoms with E-state index in [0.29, 0.717) is 4.90 Å². The third kappa shape index (κ3) is 4.20. The molecule has 1 fully saturated rings. The number of halogens is 1. The third-order valence-electron chi connectivity index (χ3n) is 3.83. The molecule has 5 heteroatoms. The zero-order valence-electron chi connectivity index (χ0n) is 13.1. The van der Waals surface area contributed by atoms with Crippen molar-refractivity contribution in [2.75, 3.05) is 8.86 Å². The van der Waals surface area contributed by atoms with Gasteiger partial charge in [-0.25, -0.2) is 0 Å². The van der Waals surface area contributed by atoms with E-state index in [1.807, 2.05) is 25.1 Å². The third-order valence-corrected chi connectivity index (χ3v) is 11.4. The molecular formula is C18H20INO2S. The molecule has 0 spiro atoms. The number of benzene rings is 2. The van der Waals surface area contributed by atoms with Gasteiger partial charge in [0.15, 0.2) is 0 Å². The summed E-state index contributed by atoms with van der Waals surface area (Å²) in [5.41, 5.74) is 1.89. The van der Waals surface area contributed by atoms with Gasteiger partial charge in [0, 0.05) is 0 Å². The van der Waals surface area contributed by atoms with Crippen LogP contribution in [0, 0.1) is 10.5 Å². The standard InChI is InChI=1S/C18H20INO2S/c1-15-7-9-18(10-8-15)23(21,22)20-17-11-13-19(14-12-17)16-5-3-2-4-6-16/h2-10H,11-14H2,1H3. The maximum absolute atomic E-state index is 12.4. The number of hydrogen-bond acceptors (Lipinski definition) is 2. The Hall–Kier alpha value is -1.21. The molecule has 0 saturated carbocycles. The average Bonchev–Trinajstić information content (AvgIpc) is 2.56. The number of rotatable bonds is 3. The fraction of sp³-hybridized carbons (Fsp3) is 0.278. The molecule has 0 unspecified atom stereocenters. The molecule has 2 aromatic carbocycles. The quantitative estimate of drug-likeness (QED) is 0.527. The van der Waals surface area contributed by atoms with Crippen molar-refractivity contribution >= 4 is 35.6 Å². The van der Waals surface area contributed by atoms with Crippen LogP contribution in [0.25, 0.3) is 0 Å². The fourth-order valence-corrected chi connectivity index (χ4v) is 9.37. The molecule has 122 valence electrons. The number of aryl methyl sites for hydroxylation is 1. The molecule has 2 aromatic rings. The zero-order valence-corrected chi connectivity index (χ0v) is 16.0. The summed E-state index contributed by atoms with van der Waals surface area (Å²) in [6, 6.07) is 17.6. The van der Waals surface area contributed by atoms with E-state index >= 15 is 0 Å². The van der Waals surface area contributed by atoms with Crippen LogP contribution in [0.3, 0.4) is 0 Å². The Bertz CT molecular complexity index is 789. The van der Waals surface area contributed by atoms with Crippen LogP contribution in [0.15, 0.2) is 63.9 Å². The molecule has 1 saturated heterocycles. The van der Waals surface area contributed by atoms with Gasteiger partial charge in [0.1, 0.15) is 0 Å². The van der Waals surface area contributed by atoms with Gasteiger partial charge in [-0.05, 0) is 0 Å². The van der Waals surface area contributed by atoms with E-state index in [1.54, 1.807) is 12.1 Å². The van der Waals surface area contributed by atoms with E-state index in [-0.39, 0.29) is 0 Å². The van der Waals surface area contributed by atoms with Crippen LogP contribution in [0.5, 0.6) is 0 Å². The molecule has 1 aliphatic heterocycles. The van der Waals surface area contributed by atoms with Crippen molar-refractivity contribution in [1.29, 1.82) is 0 Å². The molecule has 0 aromatic heterocycles. The summed E-state index contributed by atoms with van der Waals surface area (Å²) in [6.45, 7) is 1.94. The van der Waals surface area contributed by atoms with E-state index in [0.717, 1.165) is 33.0 Å². The van der Waals surface area contributed by atoms with Crippen molar-refractivity contribution in [2.24, 2.45) is 4.40 Å². The first-order valence-corrected chi connectivity index (χ1v) is 13.2. The molecular weight excluding hydrogens is 421 g/mol. The normalized spacial score (nSPS) is 17.1.